The first-order valence-electron chi connectivity index (χ1n) is 11.9. The van der Waals surface area contributed by atoms with Crippen molar-refractivity contribution in [1.29, 1.82) is 5.26 Å². The molecule has 11 nitrogen and oxygen atoms in total. The van der Waals surface area contributed by atoms with Crippen molar-refractivity contribution in [3.63, 3.8) is 0 Å². The Morgan fingerprint density at radius 2 is 2.03 bits per heavy atom. The standard InChI is InChI=1S/C24H29N9O2/c1-35-23-10-21(28-22-9-18(14-34)31-32-22)29-24(30-23)27-17-7-19-3-2-4-20(8-17)33(19)13-15-5-6-16(11-25)26-12-15/h5-6,9-10,12,17,19-20,34H,2-4,7-8,13-14H2,1H3,(H3,27,28,29,30,31,32)/t17-,19+,20-. The fourth-order valence-electron chi connectivity index (χ4n) is 5.13. The number of hydrogen-bond donors (Lipinski definition) is 4. The second-order valence-corrected chi connectivity index (χ2v) is 9.07. The van der Waals surface area contributed by atoms with Gasteiger partial charge in [-0.25, -0.2) is 4.98 Å². The van der Waals surface area contributed by atoms with E-state index in [0.29, 0.717) is 46.9 Å². The minimum absolute atomic E-state index is 0.114. The lowest BCUT2D eigenvalue weighted by Crippen LogP contribution is -2.54. The van der Waals surface area contributed by atoms with Crippen molar-refractivity contribution in [1.82, 2.24) is 30.0 Å². The zero-order valence-corrected chi connectivity index (χ0v) is 19.6. The Balaban J connectivity index is 1.27. The Bertz CT molecular complexity index is 1180. The van der Waals surface area contributed by atoms with Crippen molar-refractivity contribution in [3.8, 4) is 11.9 Å². The van der Waals surface area contributed by atoms with Gasteiger partial charge in [-0.05, 0) is 37.3 Å². The van der Waals surface area contributed by atoms with Crippen LogP contribution in [0.2, 0.25) is 0 Å². The lowest BCUT2D eigenvalue weighted by molar-refractivity contribution is 0.0276. The van der Waals surface area contributed by atoms with Gasteiger partial charge in [0.2, 0.25) is 11.8 Å². The van der Waals surface area contributed by atoms with Gasteiger partial charge in [0.15, 0.2) is 5.82 Å². The van der Waals surface area contributed by atoms with E-state index in [1.165, 1.54) is 6.42 Å². The van der Waals surface area contributed by atoms with E-state index in [1.807, 2.05) is 12.3 Å². The van der Waals surface area contributed by atoms with Crippen molar-refractivity contribution in [3.05, 3.63) is 47.4 Å². The van der Waals surface area contributed by atoms with Crippen LogP contribution in [-0.2, 0) is 13.2 Å². The van der Waals surface area contributed by atoms with Gasteiger partial charge in [0.1, 0.15) is 17.6 Å². The summed E-state index contributed by atoms with van der Waals surface area (Å²) in [4.78, 5) is 16.0. The summed E-state index contributed by atoms with van der Waals surface area (Å²) < 4.78 is 5.39. The molecule has 35 heavy (non-hydrogen) atoms. The van der Waals surface area contributed by atoms with Crippen molar-refractivity contribution < 1.29 is 9.84 Å². The molecule has 3 aromatic rings. The van der Waals surface area contributed by atoms with Gasteiger partial charge < -0.3 is 20.5 Å². The lowest BCUT2D eigenvalue weighted by Gasteiger charge is -2.49. The van der Waals surface area contributed by atoms with E-state index in [2.05, 4.69) is 46.8 Å². The summed E-state index contributed by atoms with van der Waals surface area (Å²) in [7, 11) is 1.58. The fraction of sp³-hybridized carbons (Fsp3) is 0.458. The molecule has 5 rings (SSSR count). The molecule has 3 atom stereocenters. The highest BCUT2D eigenvalue weighted by atomic mass is 16.5. The summed E-state index contributed by atoms with van der Waals surface area (Å²) in [5.74, 6) is 2.08. The fourth-order valence-corrected chi connectivity index (χ4v) is 5.13. The van der Waals surface area contributed by atoms with E-state index in [-0.39, 0.29) is 12.6 Å². The molecule has 5 heterocycles. The van der Waals surface area contributed by atoms with Crippen LogP contribution in [0.5, 0.6) is 5.88 Å². The number of H-pyrrole nitrogens is 1. The Kier molecular flexibility index (Phi) is 6.74. The van der Waals surface area contributed by atoms with Gasteiger partial charge in [0.25, 0.3) is 0 Å². The van der Waals surface area contributed by atoms with Crippen LogP contribution < -0.4 is 15.4 Å². The monoisotopic (exact) mass is 475 g/mol. The molecular weight excluding hydrogens is 446 g/mol. The maximum Gasteiger partial charge on any atom is 0.228 e. The van der Waals surface area contributed by atoms with Crippen LogP contribution in [0.1, 0.15) is 49.1 Å². The normalized spacial score (nSPS) is 21.8. The first-order valence-corrected chi connectivity index (χ1v) is 11.9. The van der Waals surface area contributed by atoms with Gasteiger partial charge in [-0.1, -0.05) is 12.5 Å². The SMILES string of the molecule is COc1cc(Nc2cc(CO)[nH]n2)nc(N[C@H]2C[C@H]3CCC[C@@H](C2)N3Cc2ccc(C#N)nc2)n1. The molecule has 4 N–H and O–H groups in total. The number of piperidine rings is 2. The van der Waals surface area contributed by atoms with Gasteiger partial charge in [-0.2, -0.15) is 20.3 Å². The Morgan fingerprint density at radius 1 is 1.20 bits per heavy atom. The summed E-state index contributed by atoms with van der Waals surface area (Å²) >= 11 is 0. The Labute approximate surface area is 203 Å². The van der Waals surface area contributed by atoms with Crippen LogP contribution >= 0.6 is 0 Å². The third kappa shape index (κ3) is 5.34. The molecule has 182 valence electrons. The second kappa shape index (κ2) is 10.2. The highest BCUT2D eigenvalue weighted by molar-refractivity contribution is 5.55. The lowest BCUT2D eigenvalue weighted by atomic mass is 9.81. The van der Waals surface area contributed by atoms with Gasteiger partial charge in [0.05, 0.1) is 19.4 Å². The molecule has 3 aromatic heterocycles. The molecule has 0 aliphatic carbocycles. The zero-order chi connectivity index (χ0) is 24.2. The number of aliphatic hydroxyl groups excluding tert-OH is 1. The molecule has 0 saturated carbocycles. The van der Waals surface area contributed by atoms with Gasteiger partial charge in [-0.3, -0.25) is 10.00 Å². The van der Waals surface area contributed by atoms with Crippen LogP contribution in [0.3, 0.4) is 0 Å². The van der Waals surface area contributed by atoms with Crippen LogP contribution in [-0.4, -0.2) is 60.4 Å². The molecule has 0 unspecified atom stereocenters. The predicted molar refractivity (Wildman–Crippen MR) is 129 cm³/mol. The minimum Gasteiger partial charge on any atom is -0.481 e. The van der Waals surface area contributed by atoms with Crippen molar-refractivity contribution in [2.24, 2.45) is 0 Å². The average molecular weight is 476 g/mol. The molecule has 2 aliphatic heterocycles. The summed E-state index contributed by atoms with van der Waals surface area (Å²) in [6.07, 6.45) is 7.39. The number of nitrogens with zero attached hydrogens (tertiary/aromatic N) is 6. The Hall–Kier alpha value is -3.75. The van der Waals surface area contributed by atoms with Crippen molar-refractivity contribution in [2.45, 2.75) is 63.4 Å². The van der Waals surface area contributed by atoms with E-state index in [4.69, 9.17) is 10.00 Å². The smallest absolute Gasteiger partial charge is 0.228 e. The maximum atomic E-state index is 9.24. The molecule has 2 aliphatic rings. The van der Waals surface area contributed by atoms with E-state index < -0.39 is 0 Å². The molecule has 0 aromatic carbocycles. The number of aromatic nitrogens is 5. The number of rotatable bonds is 8. The molecular formula is C24H29N9O2. The summed E-state index contributed by atoms with van der Waals surface area (Å²) in [6, 6.07) is 10.5. The van der Waals surface area contributed by atoms with Crippen LogP contribution in [0.4, 0.5) is 17.6 Å². The number of fused-ring (bicyclic) bond motifs is 2. The minimum atomic E-state index is -0.114. The third-order valence-corrected chi connectivity index (χ3v) is 6.73. The number of pyridine rings is 1. The highest BCUT2D eigenvalue weighted by Gasteiger charge is 2.38. The van der Waals surface area contributed by atoms with Gasteiger partial charge in [0, 0.05) is 43.0 Å². The van der Waals surface area contributed by atoms with E-state index in [9.17, 15) is 5.11 Å². The first kappa shape index (κ1) is 23.0. The van der Waals surface area contributed by atoms with Crippen molar-refractivity contribution >= 4 is 17.6 Å². The number of ether oxygens (including phenoxy) is 1. The van der Waals surface area contributed by atoms with Gasteiger partial charge in [-0.15, -0.1) is 0 Å². The summed E-state index contributed by atoms with van der Waals surface area (Å²) in [5.41, 5.74) is 2.20. The average Bonchev–Trinajstić information content (AvgIpc) is 3.32. The predicted octanol–water partition coefficient (Wildman–Crippen LogP) is 2.71. The zero-order valence-electron chi connectivity index (χ0n) is 19.6. The largest absolute Gasteiger partial charge is 0.481 e. The van der Waals surface area contributed by atoms with Crippen LogP contribution in [0.15, 0.2) is 30.5 Å². The van der Waals surface area contributed by atoms with Crippen LogP contribution in [0.25, 0.3) is 0 Å². The molecule has 2 fully saturated rings. The molecule has 0 amide bonds. The summed E-state index contributed by atoms with van der Waals surface area (Å²) in [5, 5.41) is 31.8. The highest BCUT2D eigenvalue weighted by Crippen LogP contribution is 2.36. The van der Waals surface area contributed by atoms with Gasteiger partial charge >= 0.3 is 0 Å². The maximum absolute atomic E-state index is 9.24. The number of aromatic amines is 1. The molecule has 2 saturated heterocycles. The molecule has 2 bridgehead atoms. The van der Waals surface area contributed by atoms with Crippen LogP contribution in [0, 0.1) is 11.3 Å². The Morgan fingerprint density at radius 3 is 2.69 bits per heavy atom. The molecule has 0 spiro atoms. The number of aliphatic hydroxyl groups is 1. The van der Waals surface area contributed by atoms with E-state index in [1.54, 1.807) is 25.3 Å². The van der Waals surface area contributed by atoms with E-state index in [0.717, 1.165) is 37.8 Å². The number of anilines is 3. The van der Waals surface area contributed by atoms with Crippen molar-refractivity contribution in [2.75, 3.05) is 17.7 Å². The number of nitrogens with one attached hydrogen (secondary N) is 3. The second-order valence-electron chi connectivity index (χ2n) is 9.07. The third-order valence-electron chi connectivity index (χ3n) is 6.73. The first-order chi connectivity index (χ1) is 17.1. The topological polar surface area (TPSA) is 148 Å². The molecule has 11 heteroatoms. The quantitative estimate of drug-likeness (QED) is 0.383. The number of methoxy groups -OCH3 is 1. The summed E-state index contributed by atoms with van der Waals surface area (Å²) in [6.45, 7) is 0.737. The number of hydrogen-bond acceptors (Lipinski definition) is 10. The number of nitriles is 1. The van der Waals surface area contributed by atoms with E-state index >= 15 is 0 Å². The molecule has 0 radical (unpaired) electrons.